The fourth-order valence-corrected chi connectivity index (χ4v) is 2.78. The third kappa shape index (κ3) is 3.85. The normalized spacial score (nSPS) is 11.6. The summed E-state index contributed by atoms with van der Waals surface area (Å²) in [6.45, 7) is 5.57. The van der Waals surface area contributed by atoms with Crippen LogP contribution in [0.3, 0.4) is 0 Å². The van der Waals surface area contributed by atoms with Crippen LogP contribution >= 0.6 is 0 Å². The average molecular weight is 307 g/mol. The Morgan fingerprint density at radius 3 is 2.71 bits per heavy atom. The van der Waals surface area contributed by atoms with Crippen LogP contribution in [0.25, 0.3) is 0 Å². The van der Waals surface area contributed by atoms with Crippen molar-refractivity contribution in [3.05, 3.63) is 41.7 Å². The molecule has 0 aliphatic carbocycles. The lowest BCUT2D eigenvalue weighted by molar-refractivity contribution is 0.578. The van der Waals surface area contributed by atoms with Crippen LogP contribution in [0, 0.1) is 6.92 Å². The fraction of sp³-hybridized carbons (Fsp3) is 0.400. The van der Waals surface area contributed by atoms with E-state index in [-0.39, 0.29) is 0 Å². The minimum Gasteiger partial charge on any atom is -0.379 e. The van der Waals surface area contributed by atoms with Crippen molar-refractivity contribution in [2.45, 2.75) is 38.3 Å². The summed E-state index contributed by atoms with van der Waals surface area (Å²) in [7, 11) is -3.19. The van der Waals surface area contributed by atoms with E-state index in [4.69, 9.17) is 0 Å². The molecular weight excluding hydrogens is 286 g/mol. The molecule has 6 heteroatoms. The lowest BCUT2D eigenvalue weighted by Gasteiger charge is -2.12. The first kappa shape index (κ1) is 15.6. The van der Waals surface area contributed by atoms with E-state index >= 15 is 0 Å². The molecule has 1 aromatic heterocycles. The first-order chi connectivity index (χ1) is 9.91. The van der Waals surface area contributed by atoms with Crippen molar-refractivity contribution >= 4 is 15.5 Å². The lowest BCUT2D eigenvalue weighted by atomic mass is 10.2. The van der Waals surface area contributed by atoms with Gasteiger partial charge in [-0.1, -0.05) is 13.0 Å². The molecule has 0 atom stereocenters. The van der Waals surface area contributed by atoms with E-state index in [1.807, 2.05) is 23.7 Å². The predicted molar refractivity (Wildman–Crippen MR) is 84.1 cm³/mol. The molecule has 0 amide bonds. The molecular formula is C15H21N3O2S. The largest absolute Gasteiger partial charge is 0.379 e. The van der Waals surface area contributed by atoms with Crippen molar-refractivity contribution in [3.63, 3.8) is 0 Å². The van der Waals surface area contributed by atoms with Gasteiger partial charge in [0.1, 0.15) is 0 Å². The molecule has 1 aromatic carbocycles. The van der Waals surface area contributed by atoms with E-state index in [1.54, 1.807) is 18.3 Å². The molecule has 1 N–H and O–H groups in total. The van der Waals surface area contributed by atoms with Gasteiger partial charge in [0.05, 0.1) is 17.1 Å². The molecule has 21 heavy (non-hydrogen) atoms. The third-order valence-corrected chi connectivity index (χ3v) is 4.45. The van der Waals surface area contributed by atoms with Crippen LogP contribution in [-0.4, -0.2) is 24.5 Å². The highest BCUT2D eigenvalue weighted by Gasteiger charge is 2.10. The number of sulfone groups is 1. The molecule has 114 valence electrons. The van der Waals surface area contributed by atoms with Crippen LogP contribution < -0.4 is 5.32 Å². The van der Waals surface area contributed by atoms with E-state index in [2.05, 4.69) is 17.3 Å². The molecule has 0 bridgehead atoms. The Labute approximate surface area is 125 Å². The molecule has 0 radical (unpaired) electrons. The lowest BCUT2D eigenvalue weighted by Crippen LogP contribution is -2.10. The Balaban J connectivity index is 2.18. The SMILES string of the molecule is CCCn1nccc1CNc1cc(S(C)(=O)=O)ccc1C. The quantitative estimate of drug-likeness (QED) is 0.891. The smallest absolute Gasteiger partial charge is 0.175 e. The van der Waals surface area contributed by atoms with Gasteiger partial charge in [0.2, 0.25) is 0 Å². The molecule has 0 saturated heterocycles. The number of aryl methyl sites for hydroxylation is 2. The number of rotatable bonds is 6. The summed E-state index contributed by atoms with van der Waals surface area (Å²) < 4.78 is 25.2. The molecule has 0 aliphatic rings. The maximum atomic E-state index is 11.6. The van der Waals surface area contributed by atoms with Gasteiger partial charge in [0.15, 0.2) is 9.84 Å². The maximum Gasteiger partial charge on any atom is 0.175 e. The summed E-state index contributed by atoms with van der Waals surface area (Å²) in [5.41, 5.74) is 2.94. The zero-order valence-electron chi connectivity index (χ0n) is 12.6. The van der Waals surface area contributed by atoms with Crippen LogP contribution in [0.1, 0.15) is 24.6 Å². The molecule has 5 nitrogen and oxygen atoms in total. The zero-order valence-corrected chi connectivity index (χ0v) is 13.4. The average Bonchev–Trinajstić information content (AvgIpc) is 2.84. The molecule has 2 rings (SSSR count). The van der Waals surface area contributed by atoms with E-state index in [9.17, 15) is 8.42 Å². The Hall–Kier alpha value is -1.82. The Morgan fingerprint density at radius 1 is 1.29 bits per heavy atom. The number of benzene rings is 1. The van der Waals surface area contributed by atoms with Crippen molar-refractivity contribution in [1.29, 1.82) is 0 Å². The number of hydrogen-bond donors (Lipinski definition) is 1. The first-order valence-electron chi connectivity index (χ1n) is 6.97. The van der Waals surface area contributed by atoms with Crippen LogP contribution in [0.4, 0.5) is 5.69 Å². The summed E-state index contributed by atoms with van der Waals surface area (Å²) in [5.74, 6) is 0. The highest BCUT2D eigenvalue weighted by Crippen LogP contribution is 2.20. The third-order valence-electron chi connectivity index (χ3n) is 3.34. The minimum absolute atomic E-state index is 0.331. The number of nitrogens with one attached hydrogen (secondary N) is 1. The van der Waals surface area contributed by atoms with Crippen LogP contribution in [-0.2, 0) is 22.9 Å². The first-order valence-corrected chi connectivity index (χ1v) is 8.86. The number of hydrogen-bond acceptors (Lipinski definition) is 4. The standard InChI is InChI=1S/C15H21N3O2S/c1-4-9-18-13(7-8-17-18)11-16-15-10-14(21(3,19)20)6-5-12(15)2/h5-8,10,16H,4,9,11H2,1-3H3. The summed E-state index contributed by atoms with van der Waals surface area (Å²) in [4.78, 5) is 0.331. The van der Waals surface area contributed by atoms with E-state index in [0.717, 1.165) is 29.9 Å². The van der Waals surface area contributed by atoms with Crippen LogP contribution in [0.2, 0.25) is 0 Å². The summed E-state index contributed by atoms with van der Waals surface area (Å²) in [6, 6.07) is 7.11. The van der Waals surface area contributed by atoms with Crippen molar-refractivity contribution < 1.29 is 8.42 Å². The van der Waals surface area contributed by atoms with Crippen LogP contribution in [0.15, 0.2) is 35.4 Å². The van der Waals surface area contributed by atoms with E-state index < -0.39 is 9.84 Å². The fourth-order valence-electron chi connectivity index (χ4n) is 2.13. The van der Waals surface area contributed by atoms with Gasteiger partial charge in [-0.2, -0.15) is 5.10 Å². The van der Waals surface area contributed by atoms with Crippen molar-refractivity contribution in [3.8, 4) is 0 Å². The Morgan fingerprint density at radius 2 is 2.05 bits per heavy atom. The number of aromatic nitrogens is 2. The molecule has 1 heterocycles. The Bertz CT molecular complexity index is 720. The van der Waals surface area contributed by atoms with Gasteiger partial charge in [-0.15, -0.1) is 0 Å². The summed E-state index contributed by atoms with van der Waals surface area (Å²) in [6.07, 6.45) is 4.03. The molecule has 0 fully saturated rings. The molecule has 0 unspecified atom stereocenters. The molecule has 0 saturated carbocycles. The number of nitrogens with zero attached hydrogens (tertiary/aromatic N) is 2. The molecule has 0 aliphatic heterocycles. The van der Waals surface area contributed by atoms with Gasteiger partial charge in [-0.05, 0) is 37.1 Å². The number of anilines is 1. The minimum atomic E-state index is -3.19. The second kappa shape index (κ2) is 6.30. The van der Waals surface area contributed by atoms with Crippen molar-refractivity contribution in [2.75, 3.05) is 11.6 Å². The highest BCUT2D eigenvalue weighted by atomic mass is 32.2. The van der Waals surface area contributed by atoms with Crippen molar-refractivity contribution in [1.82, 2.24) is 9.78 Å². The van der Waals surface area contributed by atoms with Gasteiger partial charge in [-0.25, -0.2) is 8.42 Å². The van der Waals surface area contributed by atoms with Gasteiger partial charge in [-0.3, -0.25) is 4.68 Å². The predicted octanol–water partition coefficient (Wildman–Crippen LogP) is 2.62. The second-order valence-corrected chi connectivity index (χ2v) is 7.16. The molecule has 0 spiro atoms. The Kier molecular flexibility index (Phi) is 4.67. The summed E-state index contributed by atoms with van der Waals surface area (Å²) >= 11 is 0. The van der Waals surface area contributed by atoms with Gasteiger partial charge in [0.25, 0.3) is 0 Å². The molecule has 2 aromatic rings. The van der Waals surface area contributed by atoms with Gasteiger partial charge >= 0.3 is 0 Å². The second-order valence-electron chi connectivity index (χ2n) is 5.15. The van der Waals surface area contributed by atoms with E-state index in [0.29, 0.717) is 11.4 Å². The van der Waals surface area contributed by atoms with Gasteiger partial charge < -0.3 is 5.32 Å². The van der Waals surface area contributed by atoms with Crippen LogP contribution in [0.5, 0.6) is 0 Å². The maximum absolute atomic E-state index is 11.6. The van der Waals surface area contributed by atoms with E-state index in [1.165, 1.54) is 6.26 Å². The topological polar surface area (TPSA) is 64.0 Å². The van der Waals surface area contributed by atoms with Crippen molar-refractivity contribution in [2.24, 2.45) is 0 Å². The monoisotopic (exact) mass is 307 g/mol. The van der Waals surface area contributed by atoms with Gasteiger partial charge in [0, 0.05) is 24.7 Å². The summed E-state index contributed by atoms with van der Waals surface area (Å²) in [5, 5.41) is 7.58. The zero-order chi connectivity index (χ0) is 15.5. The highest BCUT2D eigenvalue weighted by molar-refractivity contribution is 7.90.